The molecule has 0 fully saturated rings. The van der Waals surface area contributed by atoms with Gasteiger partial charge in [0.25, 0.3) is 0 Å². The van der Waals surface area contributed by atoms with Crippen LogP contribution in [-0.4, -0.2) is 24.3 Å². The number of aryl methyl sites for hydroxylation is 1. The molecule has 1 aromatic heterocycles. The Bertz CT molecular complexity index is 703. The number of hydrogen-bond donors (Lipinski definition) is 0. The summed E-state index contributed by atoms with van der Waals surface area (Å²) in [4.78, 5) is 23.8. The van der Waals surface area contributed by atoms with Crippen LogP contribution in [0.2, 0.25) is 0 Å². The van der Waals surface area contributed by atoms with E-state index in [1.165, 1.54) is 13.2 Å². The third kappa shape index (κ3) is 2.52. The zero-order valence-electron chi connectivity index (χ0n) is 11.8. The number of rotatable bonds is 4. The van der Waals surface area contributed by atoms with Crippen molar-refractivity contribution in [3.8, 4) is 5.75 Å². The number of benzene rings is 1. The number of nitrogens with zero attached hydrogens (tertiary/aromatic N) is 1. The molecule has 0 N–H and O–H groups in total. The van der Waals surface area contributed by atoms with Crippen LogP contribution in [0, 0.1) is 6.92 Å². The zero-order valence-corrected chi connectivity index (χ0v) is 11.8. The van der Waals surface area contributed by atoms with Gasteiger partial charge in [0.05, 0.1) is 19.2 Å². The highest BCUT2D eigenvalue weighted by atomic mass is 16.5. The Morgan fingerprint density at radius 3 is 2.75 bits per heavy atom. The molecule has 0 aliphatic heterocycles. The minimum absolute atomic E-state index is 0.0524. The first kappa shape index (κ1) is 14.1. The third-order valence-corrected chi connectivity index (χ3v) is 3.11. The fourth-order valence-electron chi connectivity index (χ4n) is 2.23. The van der Waals surface area contributed by atoms with Crippen LogP contribution in [0.15, 0.2) is 29.1 Å². The van der Waals surface area contributed by atoms with Crippen LogP contribution in [-0.2, 0) is 16.1 Å². The molecule has 1 heterocycles. The minimum Gasteiger partial charge on any atom is -0.495 e. The molecule has 106 valence electrons. The van der Waals surface area contributed by atoms with E-state index in [2.05, 4.69) is 0 Å². The molecule has 0 amide bonds. The first-order chi connectivity index (χ1) is 9.58. The molecule has 0 bridgehead atoms. The molecule has 0 atom stereocenters. The van der Waals surface area contributed by atoms with Gasteiger partial charge in [0.15, 0.2) is 5.43 Å². The molecule has 1 aromatic carbocycles. The predicted molar refractivity (Wildman–Crippen MR) is 76.1 cm³/mol. The Hall–Kier alpha value is -2.30. The van der Waals surface area contributed by atoms with Crippen LogP contribution in [0.3, 0.4) is 0 Å². The van der Waals surface area contributed by atoms with E-state index < -0.39 is 0 Å². The maximum Gasteiger partial charge on any atom is 0.325 e. The van der Waals surface area contributed by atoms with Crippen molar-refractivity contribution in [2.45, 2.75) is 20.4 Å². The molecule has 0 spiro atoms. The summed E-state index contributed by atoms with van der Waals surface area (Å²) in [5, 5.41) is 0.527. The number of pyridine rings is 1. The van der Waals surface area contributed by atoms with Crippen molar-refractivity contribution in [3.63, 3.8) is 0 Å². The molecular formula is C15H17NO4. The predicted octanol–water partition coefficient (Wildman–Crippen LogP) is 1.88. The van der Waals surface area contributed by atoms with E-state index in [9.17, 15) is 9.59 Å². The van der Waals surface area contributed by atoms with E-state index in [4.69, 9.17) is 9.47 Å². The van der Waals surface area contributed by atoms with Gasteiger partial charge in [0, 0.05) is 17.1 Å². The second kappa shape index (κ2) is 5.77. The molecule has 20 heavy (non-hydrogen) atoms. The Kier molecular flexibility index (Phi) is 4.08. The van der Waals surface area contributed by atoms with Gasteiger partial charge in [-0.25, -0.2) is 0 Å². The van der Waals surface area contributed by atoms with Crippen LogP contribution in [0.1, 0.15) is 12.6 Å². The Balaban J connectivity index is 2.69. The highest BCUT2D eigenvalue weighted by molar-refractivity contribution is 5.86. The zero-order chi connectivity index (χ0) is 14.7. The van der Waals surface area contributed by atoms with Crippen molar-refractivity contribution >= 4 is 16.9 Å². The largest absolute Gasteiger partial charge is 0.495 e. The number of esters is 1. The van der Waals surface area contributed by atoms with Gasteiger partial charge in [-0.1, -0.05) is 6.07 Å². The summed E-state index contributed by atoms with van der Waals surface area (Å²) < 4.78 is 12.0. The average molecular weight is 275 g/mol. The summed E-state index contributed by atoms with van der Waals surface area (Å²) in [7, 11) is 1.54. The maximum atomic E-state index is 12.0. The number of methoxy groups -OCH3 is 1. The fourth-order valence-corrected chi connectivity index (χ4v) is 2.23. The van der Waals surface area contributed by atoms with Gasteiger partial charge in [0.2, 0.25) is 0 Å². The Morgan fingerprint density at radius 2 is 2.10 bits per heavy atom. The lowest BCUT2D eigenvalue weighted by atomic mass is 10.1. The molecular weight excluding hydrogens is 258 g/mol. The Labute approximate surface area is 116 Å². The monoisotopic (exact) mass is 275 g/mol. The number of para-hydroxylation sites is 1. The molecule has 5 nitrogen and oxygen atoms in total. The molecule has 0 unspecified atom stereocenters. The minimum atomic E-state index is -0.341. The standard InChI is InChI=1S/C15H17NO4/c1-4-20-14(18)9-16-10(2)8-12(17)11-6-5-7-13(19-3)15(11)16/h5-8H,4,9H2,1-3H3. The number of carbonyl (C=O) groups is 1. The van der Waals surface area contributed by atoms with E-state index in [-0.39, 0.29) is 17.9 Å². The van der Waals surface area contributed by atoms with Gasteiger partial charge >= 0.3 is 5.97 Å². The van der Waals surface area contributed by atoms with E-state index in [1.54, 1.807) is 36.6 Å². The Morgan fingerprint density at radius 1 is 1.35 bits per heavy atom. The van der Waals surface area contributed by atoms with Gasteiger partial charge in [0.1, 0.15) is 12.3 Å². The van der Waals surface area contributed by atoms with Crippen LogP contribution in [0.25, 0.3) is 10.9 Å². The summed E-state index contributed by atoms with van der Waals surface area (Å²) >= 11 is 0. The highest BCUT2D eigenvalue weighted by Gasteiger charge is 2.14. The van der Waals surface area contributed by atoms with Gasteiger partial charge in [-0.05, 0) is 26.0 Å². The van der Waals surface area contributed by atoms with Crippen molar-refractivity contribution in [2.75, 3.05) is 13.7 Å². The third-order valence-electron chi connectivity index (χ3n) is 3.11. The molecule has 0 saturated heterocycles. The average Bonchev–Trinajstić information content (AvgIpc) is 2.43. The maximum absolute atomic E-state index is 12.0. The topological polar surface area (TPSA) is 57.5 Å². The SMILES string of the molecule is CCOC(=O)Cn1c(C)cc(=O)c2cccc(OC)c21. The number of hydrogen-bond acceptors (Lipinski definition) is 4. The molecule has 0 saturated carbocycles. The summed E-state index contributed by atoms with van der Waals surface area (Å²) in [6, 6.07) is 6.76. The number of aromatic nitrogens is 1. The van der Waals surface area contributed by atoms with E-state index in [0.29, 0.717) is 29.0 Å². The van der Waals surface area contributed by atoms with Crippen LogP contribution in [0.4, 0.5) is 0 Å². The first-order valence-electron chi connectivity index (χ1n) is 6.41. The number of fused-ring (bicyclic) bond motifs is 1. The molecule has 0 aliphatic carbocycles. The lowest BCUT2D eigenvalue weighted by Gasteiger charge is -2.16. The van der Waals surface area contributed by atoms with Crippen LogP contribution in [0.5, 0.6) is 5.75 Å². The van der Waals surface area contributed by atoms with Gasteiger partial charge in [-0.2, -0.15) is 0 Å². The highest BCUT2D eigenvalue weighted by Crippen LogP contribution is 2.24. The molecule has 5 heteroatoms. The normalized spacial score (nSPS) is 10.6. The fraction of sp³-hybridized carbons (Fsp3) is 0.333. The summed E-state index contributed by atoms with van der Waals surface area (Å²) in [5.41, 5.74) is 1.23. The van der Waals surface area contributed by atoms with Gasteiger partial charge < -0.3 is 14.0 Å². The quantitative estimate of drug-likeness (QED) is 0.799. The molecule has 2 aromatic rings. The smallest absolute Gasteiger partial charge is 0.325 e. The van der Waals surface area contributed by atoms with Crippen molar-refractivity contribution in [1.82, 2.24) is 4.57 Å². The second-order valence-electron chi connectivity index (χ2n) is 4.40. The lowest BCUT2D eigenvalue weighted by molar-refractivity contribution is -0.143. The van der Waals surface area contributed by atoms with E-state index in [1.807, 2.05) is 0 Å². The number of ether oxygens (including phenoxy) is 2. The van der Waals surface area contributed by atoms with Crippen molar-refractivity contribution in [1.29, 1.82) is 0 Å². The molecule has 0 radical (unpaired) electrons. The second-order valence-corrected chi connectivity index (χ2v) is 4.40. The van der Waals surface area contributed by atoms with Crippen LogP contribution < -0.4 is 10.2 Å². The van der Waals surface area contributed by atoms with Crippen molar-refractivity contribution in [2.24, 2.45) is 0 Å². The van der Waals surface area contributed by atoms with Gasteiger partial charge in [-0.3, -0.25) is 9.59 Å². The summed E-state index contributed by atoms with van der Waals surface area (Å²) in [6.45, 7) is 3.92. The lowest BCUT2D eigenvalue weighted by Crippen LogP contribution is -2.19. The van der Waals surface area contributed by atoms with E-state index in [0.717, 1.165) is 0 Å². The van der Waals surface area contributed by atoms with Crippen molar-refractivity contribution < 1.29 is 14.3 Å². The summed E-state index contributed by atoms with van der Waals surface area (Å²) in [5.74, 6) is 0.221. The molecule has 2 rings (SSSR count). The number of carbonyl (C=O) groups excluding carboxylic acids is 1. The van der Waals surface area contributed by atoms with Crippen molar-refractivity contribution in [3.05, 3.63) is 40.2 Å². The van der Waals surface area contributed by atoms with Crippen LogP contribution >= 0.6 is 0 Å². The molecule has 0 aliphatic rings. The first-order valence-corrected chi connectivity index (χ1v) is 6.41. The van der Waals surface area contributed by atoms with Gasteiger partial charge in [-0.15, -0.1) is 0 Å². The summed E-state index contributed by atoms with van der Waals surface area (Å²) in [6.07, 6.45) is 0. The van der Waals surface area contributed by atoms with E-state index >= 15 is 0 Å².